The molecule has 0 spiro atoms. The quantitative estimate of drug-likeness (QED) is 0.425. The fraction of sp³-hybridized carbons (Fsp3) is 0.185. The van der Waals surface area contributed by atoms with Crippen LogP contribution in [0.1, 0.15) is 27.3 Å². The summed E-state index contributed by atoms with van der Waals surface area (Å²) in [6, 6.07) is 23.2. The molecule has 0 saturated heterocycles. The zero-order valence-corrected chi connectivity index (χ0v) is 18.9. The van der Waals surface area contributed by atoms with Crippen molar-refractivity contribution in [3.8, 4) is 17.2 Å². The highest BCUT2D eigenvalue weighted by Crippen LogP contribution is 2.30. The summed E-state index contributed by atoms with van der Waals surface area (Å²) in [4.78, 5) is 17.7. The predicted octanol–water partition coefficient (Wildman–Crippen LogP) is 4.78. The second-order valence-corrected chi connectivity index (χ2v) is 7.58. The summed E-state index contributed by atoms with van der Waals surface area (Å²) in [6.45, 7) is 0.438. The van der Waals surface area contributed by atoms with Crippen molar-refractivity contribution in [2.75, 3.05) is 21.3 Å². The summed E-state index contributed by atoms with van der Waals surface area (Å²) in [6.07, 6.45) is 0.518. The van der Waals surface area contributed by atoms with E-state index in [0.29, 0.717) is 30.2 Å². The van der Waals surface area contributed by atoms with Crippen LogP contribution in [0.4, 0.5) is 0 Å². The zero-order chi connectivity index (χ0) is 23.2. The van der Waals surface area contributed by atoms with Gasteiger partial charge in [0.2, 0.25) is 0 Å². The van der Waals surface area contributed by atoms with E-state index in [1.165, 1.54) is 0 Å². The van der Waals surface area contributed by atoms with Crippen molar-refractivity contribution >= 4 is 16.7 Å². The molecule has 0 saturated carbocycles. The van der Waals surface area contributed by atoms with Gasteiger partial charge >= 0.3 is 0 Å². The lowest BCUT2D eigenvalue weighted by atomic mass is 10.0. The molecule has 3 aromatic carbocycles. The molecule has 0 fully saturated rings. The number of pyridine rings is 1. The Kier molecular flexibility index (Phi) is 6.74. The van der Waals surface area contributed by atoms with Crippen LogP contribution in [0.25, 0.3) is 10.8 Å². The topological polar surface area (TPSA) is 69.7 Å². The first-order valence-corrected chi connectivity index (χ1v) is 10.6. The van der Waals surface area contributed by atoms with Crippen molar-refractivity contribution in [3.05, 3.63) is 95.3 Å². The van der Waals surface area contributed by atoms with E-state index in [0.717, 1.165) is 33.3 Å². The minimum absolute atomic E-state index is 0.217. The molecule has 0 radical (unpaired) electrons. The van der Waals surface area contributed by atoms with E-state index in [9.17, 15) is 4.79 Å². The molecular formula is C27H26N2O4. The molecule has 6 nitrogen and oxygen atoms in total. The third kappa shape index (κ3) is 5.06. The molecule has 6 heteroatoms. The molecule has 0 atom stereocenters. The van der Waals surface area contributed by atoms with Gasteiger partial charge in [-0.3, -0.25) is 4.79 Å². The molecule has 4 aromatic rings. The van der Waals surface area contributed by atoms with Gasteiger partial charge in [0, 0.05) is 18.4 Å². The van der Waals surface area contributed by atoms with Gasteiger partial charge in [-0.05, 0) is 46.8 Å². The first kappa shape index (κ1) is 22.1. The standard InChI is InChI=1S/C27H26N2O4/c1-31-21-11-10-20-15-24(27(30)28-17-18-7-5-4-6-8-18)29-23(22(20)16-21)13-19-9-12-25(32-2)26(14-19)33-3/h4-12,14-16H,13,17H2,1-3H3,(H,28,30). The predicted molar refractivity (Wildman–Crippen MR) is 128 cm³/mol. The van der Waals surface area contributed by atoms with Gasteiger partial charge in [-0.25, -0.2) is 4.98 Å². The molecule has 0 aliphatic carbocycles. The Morgan fingerprint density at radius 1 is 0.818 bits per heavy atom. The third-order valence-corrected chi connectivity index (χ3v) is 5.47. The van der Waals surface area contributed by atoms with Crippen molar-refractivity contribution in [1.29, 1.82) is 0 Å². The number of amides is 1. The Hall–Kier alpha value is -4.06. The molecular weight excluding hydrogens is 416 g/mol. The highest BCUT2D eigenvalue weighted by Gasteiger charge is 2.15. The van der Waals surface area contributed by atoms with Crippen LogP contribution in [0, 0.1) is 0 Å². The Morgan fingerprint density at radius 3 is 2.33 bits per heavy atom. The highest BCUT2D eigenvalue weighted by molar-refractivity contribution is 5.97. The number of nitrogens with one attached hydrogen (secondary N) is 1. The van der Waals surface area contributed by atoms with Gasteiger partial charge in [-0.1, -0.05) is 42.5 Å². The number of hydrogen-bond donors (Lipinski definition) is 1. The molecule has 168 valence electrons. The normalized spacial score (nSPS) is 10.6. The van der Waals surface area contributed by atoms with Gasteiger partial charge in [-0.15, -0.1) is 0 Å². The largest absolute Gasteiger partial charge is 0.497 e. The summed E-state index contributed by atoms with van der Waals surface area (Å²) in [5, 5.41) is 4.82. The molecule has 1 heterocycles. The maximum absolute atomic E-state index is 12.9. The number of nitrogens with zero attached hydrogens (tertiary/aromatic N) is 1. The Morgan fingerprint density at radius 2 is 1.61 bits per heavy atom. The van der Waals surface area contributed by atoms with Crippen LogP contribution in [0.5, 0.6) is 17.2 Å². The molecule has 1 amide bonds. The van der Waals surface area contributed by atoms with Gasteiger partial charge < -0.3 is 19.5 Å². The van der Waals surface area contributed by atoms with Crippen molar-refractivity contribution in [2.45, 2.75) is 13.0 Å². The number of ether oxygens (including phenoxy) is 3. The second-order valence-electron chi connectivity index (χ2n) is 7.58. The number of methoxy groups -OCH3 is 3. The minimum atomic E-state index is -0.217. The third-order valence-electron chi connectivity index (χ3n) is 5.47. The van der Waals surface area contributed by atoms with Crippen LogP contribution in [0.15, 0.2) is 72.8 Å². The minimum Gasteiger partial charge on any atom is -0.497 e. The molecule has 0 bridgehead atoms. The Bertz CT molecular complexity index is 1270. The maximum atomic E-state index is 12.9. The summed E-state index contributed by atoms with van der Waals surface area (Å²) in [7, 11) is 4.85. The smallest absolute Gasteiger partial charge is 0.270 e. The van der Waals surface area contributed by atoms with Crippen molar-refractivity contribution in [3.63, 3.8) is 0 Å². The van der Waals surface area contributed by atoms with Crippen molar-refractivity contribution in [1.82, 2.24) is 10.3 Å². The average Bonchev–Trinajstić information content (AvgIpc) is 2.87. The summed E-state index contributed by atoms with van der Waals surface area (Å²) >= 11 is 0. The van der Waals surface area contributed by atoms with Crippen LogP contribution < -0.4 is 19.5 Å². The fourth-order valence-electron chi connectivity index (χ4n) is 3.73. The maximum Gasteiger partial charge on any atom is 0.270 e. The average molecular weight is 443 g/mol. The summed E-state index contributed by atoms with van der Waals surface area (Å²) in [5.41, 5.74) is 3.18. The van der Waals surface area contributed by atoms with E-state index < -0.39 is 0 Å². The van der Waals surface area contributed by atoms with E-state index in [4.69, 9.17) is 19.2 Å². The summed E-state index contributed by atoms with van der Waals surface area (Å²) < 4.78 is 16.2. The van der Waals surface area contributed by atoms with Crippen LogP contribution in [-0.4, -0.2) is 32.2 Å². The van der Waals surface area contributed by atoms with Crippen LogP contribution in [0.3, 0.4) is 0 Å². The monoisotopic (exact) mass is 442 g/mol. The molecule has 33 heavy (non-hydrogen) atoms. The van der Waals surface area contributed by atoms with Crippen LogP contribution in [0.2, 0.25) is 0 Å². The molecule has 4 rings (SSSR count). The number of carbonyl (C=O) groups excluding carboxylic acids is 1. The van der Waals surface area contributed by atoms with E-state index >= 15 is 0 Å². The van der Waals surface area contributed by atoms with E-state index in [-0.39, 0.29) is 5.91 Å². The zero-order valence-electron chi connectivity index (χ0n) is 18.9. The highest BCUT2D eigenvalue weighted by atomic mass is 16.5. The molecule has 0 aliphatic rings. The van der Waals surface area contributed by atoms with Gasteiger partial charge in [0.15, 0.2) is 11.5 Å². The van der Waals surface area contributed by atoms with Gasteiger partial charge in [0.05, 0.1) is 27.0 Å². The van der Waals surface area contributed by atoms with Gasteiger partial charge in [0.25, 0.3) is 5.91 Å². The van der Waals surface area contributed by atoms with Gasteiger partial charge in [0.1, 0.15) is 11.4 Å². The molecule has 0 aliphatic heterocycles. The lowest BCUT2D eigenvalue weighted by Gasteiger charge is -2.13. The summed E-state index contributed by atoms with van der Waals surface area (Å²) in [5.74, 6) is 1.83. The second kappa shape index (κ2) is 10.0. The SMILES string of the molecule is COc1ccc2cc(C(=O)NCc3ccccc3)nc(Cc3ccc(OC)c(OC)c3)c2c1. The Balaban J connectivity index is 1.69. The van der Waals surface area contributed by atoms with E-state index in [2.05, 4.69) is 5.32 Å². The fourth-order valence-corrected chi connectivity index (χ4v) is 3.73. The first-order chi connectivity index (χ1) is 16.1. The van der Waals surface area contributed by atoms with Crippen molar-refractivity contribution < 1.29 is 19.0 Å². The number of aromatic nitrogens is 1. The van der Waals surface area contributed by atoms with Crippen molar-refractivity contribution in [2.24, 2.45) is 0 Å². The van der Waals surface area contributed by atoms with E-state index in [1.807, 2.05) is 72.8 Å². The molecule has 0 unspecified atom stereocenters. The van der Waals surface area contributed by atoms with Crippen LogP contribution >= 0.6 is 0 Å². The number of rotatable bonds is 8. The lowest BCUT2D eigenvalue weighted by molar-refractivity contribution is 0.0946. The first-order valence-electron chi connectivity index (χ1n) is 10.6. The number of fused-ring (bicyclic) bond motifs is 1. The lowest BCUT2D eigenvalue weighted by Crippen LogP contribution is -2.24. The van der Waals surface area contributed by atoms with E-state index in [1.54, 1.807) is 21.3 Å². The Labute approximate surface area is 193 Å². The van der Waals surface area contributed by atoms with Gasteiger partial charge in [-0.2, -0.15) is 0 Å². The molecule has 1 N–H and O–H groups in total. The molecule has 1 aromatic heterocycles. The number of carbonyl (C=O) groups is 1. The van der Waals surface area contributed by atoms with Crippen LogP contribution in [-0.2, 0) is 13.0 Å². The number of benzene rings is 3. The number of hydrogen-bond acceptors (Lipinski definition) is 5.